The van der Waals surface area contributed by atoms with Crippen molar-refractivity contribution in [1.29, 1.82) is 0 Å². The van der Waals surface area contributed by atoms with E-state index in [1.165, 1.54) is 0 Å². The van der Waals surface area contributed by atoms with Gasteiger partial charge in [0.15, 0.2) is 11.6 Å². The third-order valence-corrected chi connectivity index (χ3v) is 4.98. The average Bonchev–Trinajstić information content (AvgIpc) is 3.00. The average molecular weight is 409 g/mol. The third-order valence-electron chi connectivity index (χ3n) is 4.49. The summed E-state index contributed by atoms with van der Waals surface area (Å²) in [4.78, 5) is 14.2. The Balaban J connectivity index is 1.85. The summed E-state index contributed by atoms with van der Waals surface area (Å²) in [5.74, 6) is 1.79. The van der Waals surface area contributed by atoms with Crippen molar-refractivity contribution in [2.75, 3.05) is 16.5 Å². The Hall–Kier alpha value is -2.40. The van der Waals surface area contributed by atoms with Crippen LogP contribution in [0.3, 0.4) is 0 Å². The molecule has 3 aromatic rings. The Morgan fingerprint density at radius 3 is 2.27 bits per heavy atom. The number of halogens is 1. The maximum absolute atomic E-state index is 4.99. The van der Waals surface area contributed by atoms with Gasteiger partial charge >= 0.3 is 0 Å². The molecule has 0 N–H and O–H groups in total. The second-order valence-electron chi connectivity index (χ2n) is 7.47. The number of hydrogen-bond acceptors (Lipinski definition) is 4. The van der Waals surface area contributed by atoms with Crippen LogP contribution in [0.25, 0.3) is 0 Å². The van der Waals surface area contributed by atoms with Crippen LogP contribution in [0.15, 0.2) is 65.3 Å². The molecule has 0 saturated carbocycles. The van der Waals surface area contributed by atoms with Crippen molar-refractivity contribution in [1.82, 2.24) is 9.97 Å². The Bertz CT molecular complexity index is 934. The number of rotatable bonds is 2. The lowest BCUT2D eigenvalue weighted by Gasteiger charge is -2.21. The van der Waals surface area contributed by atoms with Crippen molar-refractivity contribution in [3.63, 3.8) is 0 Å². The van der Waals surface area contributed by atoms with Crippen LogP contribution >= 0.6 is 15.9 Å². The first-order valence-electron chi connectivity index (χ1n) is 8.67. The SMILES string of the molecule is CC(C)(C)c1cnc2c(n1)N(c1cccc(Br)c1)CN2c1ccccc1. The topological polar surface area (TPSA) is 32.3 Å². The number of nitrogens with zero attached hydrogens (tertiary/aromatic N) is 4. The van der Waals surface area contributed by atoms with Crippen LogP contribution in [0.5, 0.6) is 0 Å². The van der Waals surface area contributed by atoms with Crippen LogP contribution in [0.1, 0.15) is 26.5 Å². The second-order valence-corrected chi connectivity index (χ2v) is 8.38. The van der Waals surface area contributed by atoms with Gasteiger partial charge in [-0.05, 0) is 30.3 Å². The highest BCUT2D eigenvalue weighted by Crippen LogP contribution is 2.42. The van der Waals surface area contributed by atoms with Gasteiger partial charge in [-0.2, -0.15) is 0 Å². The van der Waals surface area contributed by atoms with Gasteiger partial charge in [-0.3, -0.25) is 0 Å². The van der Waals surface area contributed by atoms with E-state index >= 15 is 0 Å². The Kier molecular flexibility index (Phi) is 4.19. The van der Waals surface area contributed by atoms with Crippen LogP contribution in [0.4, 0.5) is 23.0 Å². The molecule has 0 fully saturated rings. The van der Waals surface area contributed by atoms with Gasteiger partial charge < -0.3 is 9.80 Å². The number of aromatic nitrogens is 2. The van der Waals surface area contributed by atoms with E-state index in [0.29, 0.717) is 6.67 Å². The first-order chi connectivity index (χ1) is 12.4. The maximum atomic E-state index is 4.99. The second kappa shape index (κ2) is 6.40. The molecule has 4 nitrogen and oxygen atoms in total. The summed E-state index contributed by atoms with van der Waals surface area (Å²) in [7, 11) is 0. The summed E-state index contributed by atoms with van der Waals surface area (Å²) in [5.41, 5.74) is 3.15. The quantitative estimate of drug-likeness (QED) is 0.537. The van der Waals surface area contributed by atoms with Gasteiger partial charge in [0, 0.05) is 21.3 Å². The molecule has 132 valence electrons. The van der Waals surface area contributed by atoms with Crippen LogP contribution in [-0.2, 0) is 5.41 Å². The summed E-state index contributed by atoms with van der Waals surface area (Å²) in [6.45, 7) is 7.17. The van der Waals surface area contributed by atoms with Crippen molar-refractivity contribution < 1.29 is 0 Å². The van der Waals surface area contributed by atoms with Crippen molar-refractivity contribution in [3.05, 3.63) is 71.0 Å². The summed E-state index contributed by atoms with van der Waals surface area (Å²) < 4.78 is 1.05. The minimum Gasteiger partial charge on any atom is -0.305 e. The number of anilines is 4. The maximum Gasteiger partial charge on any atom is 0.178 e. The number of para-hydroxylation sites is 1. The minimum atomic E-state index is -0.0505. The normalized spacial score (nSPS) is 13.8. The van der Waals surface area contributed by atoms with E-state index in [9.17, 15) is 0 Å². The van der Waals surface area contributed by atoms with Gasteiger partial charge in [-0.1, -0.05) is 61.0 Å². The Morgan fingerprint density at radius 1 is 0.885 bits per heavy atom. The highest BCUT2D eigenvalue weighted by molar-refractivity contribution is 9.10. The summed E-state index contributed by atoms with van der Waals surface area (Å²) in [6.07, 6.45) is 1.90. The molecule has 1 aromatic heterocycles. The molecular formula is C21H21BrN4. The molecule has 0 unspecified atom stereocenters. The van der Waals surface area contributed by atoms with Gasteiger partial charge in [-0.15, -0.1) is 0 Å². The first-order valence-corrected chi connectivity index (χ1v) is 9.46. The number of fused-ring (bicyclic) bond motifs is 1. The fraction of sp³-hybridized carbons (Fsp3) is 0.238. The summed E-state index contributed by atoms with van der Waals surface area (Å²) in [6, 6.07) is 18.6. The zero-order chi connectivity index (χ0) is 18.3. The first kappa shape index (κ1) is 17.0. The number of hydrogen-bond donors (Lipinski definition) is 0. The molecule has 0 saturated heterocycles. The van der Waals surface area contributed by atoms with Gasteiger partial charge in [0.25, 0.3) is 0 Å². The highest BCUT2D eigenvalue weighted by Gasteiger charge is 2.32. The van der Waals surface area contributed by atoms with E-state index in [2.05, 4.69) is 70.8 Å². The highest BCUT2D eigenvalue weighted by atomic mass is 79.9. The molecule has 1 aliphatic heterocycles. The van der Waals surface area contributed by atoms with E-state index in [0.717, 1.165) is 33.2 Å². The fourth-order valence-corrected chi connectivity index (χ4v) is 3.43. The summed E-state index contributed by atoms with van der Waals surface area (Å²) >= 11 is 3.58. The van der Waals surface area contributed by atoms with Crippen molar-refractivity contribution >= 4 is 38.9 Å². The van der Waals surface area contributed by atoms with Crippen LogP contribution in [-0.4, -0.2) is 16.6 Å². The van der Waals surface area contributed by atoms with Crippen molar-refractivity contribution in [2.24, 2.45) is 0 Å². The molecule has 0 radical (unpaired) electrons. The van der Waals surface area contributed by atoms with E-state index in [4.69, 9.17) is 9.97 Å². The molecule has 1 aliphatic rings. The molecule has 0 atom stereocenters. The van der Waals surface area contributed by atoms with E-state index in [1.807, 2.05) is 36.5 Å². The molecule has 0 bridgehead atoms. The number of benzene rings is 2. The lowest BCUT2D eigenvalue weighted by Crippen LogP contribution is -2.24. The van der Waals surface area contributed by atoms with Crippen LogP contribution < -0.4 is 9.80 Å². The van der Waals surface area contributed by atoms with Gasteiger partial charge in [-0.25, -0.2) is 9.97 Å². The van der Waals surface area contributed by atoms with Crippen LogP contribution in [0.2, 0.25) is 0 Å². The zero-order valence-electron chi connectivity index (χ0n) is 15.1. The molecule has 2 heterocycles. The molecule has 5 heteroatoms. The molecule has 0 aliphatic carbocycles. The predicted molar refractivity (Wildman–Crippen MR) is 110 cm³/mol. The smallest absolute Gasteiger partial charge is 0.178 e. The van der Waals surface area contributed by atoms with Gasteiger partial charge in [0.2, 0.25) is 0 Å². The Labute approximate surface area is 162 Å². The minimum absolute atomic E-state index is 0.0505. The fourth-order valence-electron chi connectivity index (χ4n) is 3.04. The molecule has 0 spiro atoms. The van der Waals surface area contributed by atoms with E-state index in [1.54, 1.807) is 0 Å². The lowest BCUT2D eigenvalue weighted by molar-refractivity contribution is 0.566. The van der Waals surface area contributed by atoms with Gasteiger partial charge in [0.1, 0.15) is 6.67 Å². The predicted octanol–water partition coefficient (Wildman–Crippen LogP) is 5.78. The van der Waals surface area contributed by atoms with E-state index in [-0.39, 0.29) is 5.41 Å². The molecule has 0 amide bonds. The largest absolute Gasteiger partial charge is 0.305 e. The van der Waals surface area contributed by atoms with Gasteiger partial charge in [0.05, 0.1) is 11.9 Å². The molecule has 26 heavy (non-hydrogen) atoms. The van der Waals surface area contributed by atoms with Crippen LogP contribution in [0, 0.1) is 0 Å². The molecule has 4 rings (SSSR count). The molecular weight excluding hydrogens is 388 g/mol. The van der Waals surface area contributed by atoms with Crippen molar-refractivity contribution in [2.45, 2.75) is 26.2 Å². The lowest BCUT2D eigenvalue weighted by atomic mass is 9.93. The van der Waals surface area contributed by atoms with E-state index < -0.39 is 0 Å². The third kappa shape index (κ3) is 3.07. The molecule has 2 aromatic carbocycles. The zero-order valence-corrected chi connectivity index (χ0v) is 16.7. The standard InChI is InChI=1S/C21H21BrN4/c1-21(2,3)18-13-23-19-20(24-18)26(17-11-7-8-15(22)12-17)14-25(19)16-9-5-4-6-10-16/h4-13H,14H2,1-3H3. The monoisotopic (exact) mass is 408 g/mol. The van der Waals surface area contributed by atoms with Crippen molar-refractivity contribution in [3.8, 4) is 0 Å². The Morgan fingerprint density at radius 2 is 1.58 bits per heavy atom. The summed E-state index contributed by atoms with van der Waals surface area (Å²) in [5, 5.41) is 0.